The van der Waals surface area contributed by atoms with Gasteiger partial charge in [-0.05, 0) is 35.1 Å². The zero-order chi connectivity index (χ0) is 14.2. The molecule has 5 heteroatoms. The van der Waals surface area contributed by atoms with Gasteiger partial charge in [-0.1, -0.05) is 12.7 Å². The van der Waals surface area contributed by atoms with Gasteiger partial charge >= 0.3 is 0 Å². The number of hydrogen-bond donors (Lipinski definition) is 1. The van der Waals surface area contributed by atoms with E-state index in [1.165, 1.54) is 0 Å². The number of pyridine rings is 1. The molecule has 100 valence electrons. The number of aliphatic imine (C=N–C) groups is 1. The number of hydrogen-bond acceptors (Lipinski definition) is 3. The van der Waals surface area contributed by atoms with E-state index in [0.29, 0.717) is 27.0 Å². The lowest BCUT2D eigenvalue weighted by Gasteiger charge is -2.14. The normalized spacial score (nSPS) is 22.7. The number of aromatic nitrogens is 1. The largest absolute Gasteiger partial charge is 0.385 e. The second-order valence-electron chi connectivity index (χ2n) is 4.37. The van der Waals surface area contributed by atoms with E-state index in [0.717, 1.165) is 5.56 Å². The predicted molar refractivity (Wildman–Crippen MR) is 77.8 cm³/mol. The van der Waals surface area contributed by atoms with Crippen LogP contribution in [-0.4, -0.2) is 23.0 Å². The average molecular weight is 325 g/mol. The van der Waals surface area contributed by atoms with Crippen molar-refractivity contribution in [3.63, 3.8) is 0 Å². The first-order valence-corrected chi connectivity index (χ1v) is 6.60. The molecule has 0 aromatic carbocycles. The molecule has 2 rings (SSSR count). The van der Waals surface area contributed by atoms with E-state index >= 15 is 0 Å². The molecule has 0 aliphatic heterocycles. The van der Waals surface area contributed by atoms with E-state index in [9.17, 15) is 9.50 Å². The molecular weight excluding hydrogens is 311 g/mol. The average Bonchev–Trinajstić information content (AvgIpc) is 2.70. The Labute approximate surface area is 119 Å². The van der Waals surface area contributed by atoms with Gasteiger partial charge in [0.1, 0.15) is 12.3 Å². The van der Waals surface area contributed by atoms with Gasteiger partial charge in [-0.2, -0.15) is 0 Å². The maximum atomic E-state index is 13.7. The minimum atomic E-state index is -1.31. The van der Waals surface area contributed by atoms with Gasteiger partial charge in [0.2, 0.25) is 0 Å². The molecule has 0 spiro atoms. The summed E-state index contributed by atoms with van der Waals surface area (Å²) in [6.45, 7) is 8.97. The minimum Gasteiger partial charge on any atom is -0.385 e. The van der Waals surface area contributed by atoms with E-state index in [1.807, 2.05) is 0 Å². The van der Waals surface area contributed by atoms with Gasteiger partial charge in [-0.3, -0.25) is 9.98 Å². The first-order chi connectivity index (χ1) is 9.01. The molecule has 0 amide bonds. The summed E-state index contributed by atoms with van der Waals surface area (Å²) in [6, 6.07) is 0. The number of rotatable bonds is 3. The number of alkyl halides is 1. The maximum Gasteiger partial charge on any atom is 0.134 e. The van der Waals surface area contributed by atoms with E-state index in [4.69, 9.17) is 0 Å². The first kappa shape index (κ1) is 14.1. The van der Waals surface area contributed by atoms with Crippen molar-refractivity contribution in [3.05, 3.63) is 45.8 Å². The summed E-state index contributed by atoms with van der Waals surface area (Å²) in [6.07, 6.45) is 0.912. The highest BCUT2D eigenvalue weighted by Gasteiger charge is 2.35. The Bertz CT molecular complexity index is 583. The lowest BCUT2D eigenvalue weighted by Crippen LogP contribution is -2.08. The quantitative estimate of drug-likeness (QED) is 0.684. The number of allylic oxidation sites excluding steroid dienone is 3. The summed E-state index contributed by atoms with van der Waals surface area (Å²) in [5.74, 6) is 0. The van der Waals surface area contributed by atoms with Crippen LogP contribution in [0.2, 0.25) is 0 Å². The van der Waals surface area contributed by atoms with Crippen molar-refractivity contribution in [2.24, 2.45) is 4.99 Å². The van der Waals surface area contributed by atoms with Crippen molar-refractivity contribution in [1.82, 2.24) is 4.98 Å². The van der Waals surface area contributed by atoms with Crippen LogP contribution in [0.1, 0.15) is 29.8 Å². The number of aliphatic hydroxyl groups excluding tert-OH is 1. The lowest BCUT2D eigenvalue weighted by molar-refractivity contribution is 0.0922. The molecular formula is C14H14BrFN2O. The zero-order valence-corrected chi connectivity index (χ0v) is 12.1. The van der Waals surface area contributed by atoms with Crippen molar-refractivity contribution in [2.45, 2.75) is 25.6 Å². The Morgan fingerprint density at radius 3 is 2.95 bits per heavy atom. The zero-order valence-electron chi connectivity index (χ0n) is 10.5. The third-order valence-corrected chi connectivity index (χ3v) is 3.98. The second-order valence-corrected chi connectivity index (χ2v) is 5.23. The molecule has 1 N–H and O–H groups in total. The number of halogens is 2. The molecule has 1 aliphatic carbocycles. The van der Waals surface area contributed by atoms with Crippen LogP contribution in [0, 0.1) is 0 Å². The maximum absolute atomic E-state index is 13.7. The Balaban J connectivity index is 2.72. The Morgan fingerprint density at radius 1 is 1.68 bits per heavy atom. The smallest absolute Gasteiger partial charge is 0.134 e. The first-order valence-electron chi connectivity index (χ1n) is 5.81. The third-order valence-electron chi connectivity index (χ3n) is 3.30. The summed E-state index contributed by atoms with van der Waals surface area (Å²) in [4.78, 5) is 8.14. The highest BCUT2D eigenvalue weighted by atomic mass is 79.9. The fraction of sp³-hybridized carbons (Fsp3) is 0.286. The molecule has 0 fully saturated rings. The fourth-order valence-corrected chi connectivity index (χ4v) is 2.75. The second kappa shape index (κ2) is 5.35. The molecule has 0 radical (unpaired) electrons. The molecule has 2 atom stereocenters. The van der Waals surface area contributed by atoms with E-state index in [2.05, 4.69) is 39.2 Å². The Morgan fingerprint density at radius 2 is 2.37 bits per heavy atom. The minimum absolute atomic E-state index is 0.178. The van der Waals surface area contributed by atoms with Crippen LogP contribution in [0.15, 0.2) is 34.0 Å². The monoisotopic (exact) mass is 324 g/mol. The van der Waals surface area contributed by atoms with E-state index in [1.54, 1.807) is 19.2 Å². The third kappa shape index (κ3) is 2.28. The molecule has 2 unspecified atom stereocenters. The molecule has 19 heavy (non-hydrogen) atoms. The van der Waals surface area contributed by atoms with Crippen molar-refractivity contribution in [1.29, 1.82) is 0 Å². The highest BCUT2D eigenvalue weighted by Crippen LogP contribution is 2.41. The number of aliphatic hydroxyl groups is 1. The molecule has 1 aromatic heterocycles. The van der Waals surface area contributed by atoms with E-state index < -0.39 is 12.3 Å². The van der Waals surface area contributed by atoms with Crippen LogP contribution in [0.25, 0.3) is 5.57 Å². The molecule has 1 aromatic rings. The van der Waals surface area contributed by atoms with Crippen molar-refractivity contribution in [3.8, 4) is 0 Å². The van der Waals surface area contributed by atoms with Crippen molar-refractivity contribution in [2.75, 3.05) is 0 Å². The summed E-state index contributed by atoms with van der Waals surface area (Å²) < 4.78 is 14.5. The molecule has 0 saturated carbocycles. The van der Waals surface area contributed by atoms with Gasteiger partial charge in [0.25, 0.3) is 0 Å². The Kier molecular flexibility index (Phi) is 3.96. The van der Waals surface area contributed by atoms with Crippen LogP contribution in [0.4, 0.5) is 4.39 Å². The van der Waals surface area contributed by atoms with Crippen LogP contribution >= 0.6 is 15.9 Å². The summed E-state index contributed by atoms with van der Waals surface area (Å²) in [7, 11) is 0. The van der Waals surface area contributed by atoms with Gasteiger partial charge in [-0.25, -0.2) is 4.39 Å². The fourth-order valence-electron chi connectivity index (χ4n) is 2.27. The van der Waals surface area contributed by atoms with Gasteiger partial charge in [0.05, 0.1) is 5.69 Å². The van der Waals surface area contributed by atoms with Crippen molar-refractivity contribution >= 4 is 28.2 Å². The van der Waals surface area contributed by atoms with Crippen LogP contribution in [0.3, 0.4) is 0 Å². The molecule has 1 aliphatic rings. The summed E-state index contributed by atoms with van der Waals surface area (Å²) >= 11 is 3.34. The van der Waals surface area contributed by atoms with Crippen LogP contribution < -0.4 is 0 Å². The molecule has 0 bridgehead atoms. The lowest BCUT2D eigenvalue weighted by atomic mass is 10.0. The standard InChI is InChI=1S/C14H14BrFN2O/c1-4-8(7(2)17-3)13-12-9(10(15)6-18-13)5-11(16)14(12)19/h4,6,11,14,19H,1,3,5H2,2H3/b8-7+. The predicted octanol–water partition coefficient (Wildman–Crippen LogP) is 3.39. The molecule has 3 nitrogen and oxygen atoms in total. The SMILES string of the molecule is C=C/C(=C(/C)N=C)c1ncc(Br)c2c1C(O)C(F)C2. The Hall–Kier alpha value is -1.33. The van der Waals surface area contributed by atoms with Gasteiger partial charge in [-0.15, -0.1) is 0 Å². The summed E-state index contributed by atoms with van der Waals surface area (Å²) in [5.41, 5.74) is 3.08. The van der Waals surface area contributed by atoms with Crippen molar-refractivity contribution < 1.29 is 9.50 Å². The van der Waals surface area contributed by atoms with E-state index in [-0.39, 0.29) is 6.42 Å². The van der Waals surface area contributed by atoms with Gasteiger partial charge in [0, 0.05) is 33.9 Å². The summed E-state index contributed by atoms with van der Waals surface area (Å²) in [5, 5.41) is 10.0. The number of fused-ring (bicyclic) bond motifs is 1. The molecule has 0 saturated heterocycles. The molecule has 1 heterocycles. The van der Waals surface area contributed by atoms with Gasteiger partial charge in [0.15, 0.2) is 0 Å². The van der Waals surface area contributed by atoms with Crippen LogP contribution in [-0.2, 0) is 6.42 Å². The number of nitrogens with zero attached hydrogens (tertiary/aromatic N) is 2. The topological polar surface area (TPSA) is 45.5 Å². The van der Waals surface area contributed by atoms with Gasteiger partial charge < -0.3 is 5.11 Å². The highest BCUT2D eigenvalue weighted by molar-refractivity contribution is 9.10. The van der Waals surface area contributed by atoms with Crippen LogP contribution in [0.5, 0.6) is 0 Å².